The zero-order chi connectivity index (χ0) is 17.9. The van der Waals surface area contributed by atoms with E-state index in [2.05, 4.69) is 0 Å². The summed E-state index contributed by atoms with van der Waals surface area (Å²) in [5.74, 6) is -0.866. The van der Waals surface area contributed by atoms with Crippen LogP contribution >= 0.6 is 0 Å². The summed E-state index contributed by atoms with van der Waals surface area (Å²) in [6.45, 7) is 3.90. The number of carbonyl (C=O) groups is 2. The lowest BCUT2D eigenvalue weighted by Crippen LogP contribution is -2.03. The lowest BCUT2D eigenvalue weighted by molar-refractivity contribution is -0.137. The van der Waals surface area contributed by atoms with Crippen molar-refractivity contribution in [2.75, 3.05) is 7.11 Å². The third-order valence-electron chi connectivity index (χ3n) is 4.26. The number of aliphatic carboxylic acids is 1. The second-order valence-electron chi connectivity index (χ2n) is 5.92. The summed E-state index contributed by atoms with van der Waals surface area (Å²) in [7, 11) is 1.53. The van der Waals surface area contributed by atoms with Crippen LogP contribution in [0, 0.1) is 6.92 Å². The molecule has 6 heteroatoms. The number of phenols is 1. The molecule has 0 unspecified atom stereocenters. The Morgan fingerprint density at radius 3 is 2.71 bits per heavy atom. The molecule has 0 fully saturated rings. The van der Waals surface area contributed by atoms with E-state index in [0.29, 0.717) is 36.1 Å². The number of benzene rings is 1. The van der Waals surface area contributed by atoms with Gasteiger partial charge in [0.2, 0.25) is 0 Å². The lowest BCUT2D eigenvalue weighted by atomic mass is 9.94. The second kappa shape index (κ2) is 7.38. The van der Waals surface area contributed by atoms with Gasteiger partial charge in [0, 0.05) is 17.5 Å². The van der Waals surface area contributed by atoms with Crippen LogP contribution in [0.15, 0.2) is 11.6 Å². The molecule has 0 amide bonds. The van der Waals surface area contributed by atoms with Gasteiger partial charge in [0.05, 0.1) is 7.11 Å². The highest BCUT2D eigenvalue weighted by Crippen LogP contribution is 2.42. The van der Waals surface area contributed by atoms with Crippen LogP contribution in [0.5, 0.6) is 11.5 Å². The number of carbonyl (C=O) groups excluding carboxylic acids is 1. The number of aromatic hydroxyl groups is 1. The molecule has 0 saturated carbocycles. The molecule has 2 rings (SSSR count). The number of ether oxygens (including phenoxy) is 2. The van der Waals surface area contributed by atoms with Gasteiger partial charge in [-0.1, -0.05) is 11.6 Å². The van der Waals surface area contributed by atoms with E-state index in [1.165, 1.54) is 7.11 Å². The molecule has 1 aromatic carbocycles. The normalized spacial score (nSPS) is 13.6. The Morgan fingerprint density at radius 1 is 1.38 bits per heavy atom. The molecule has 24 heavy (non-hydrogen) atoms. The Morgan fingerprint density at radius 2 is 2.08 bits per heavy atom. The van der Waals surface area contributed by atoms with Gasteiger partial charge in [-0.25, -0.2) is 4.79 Å². The van der Waals surface area contributed by atoms with E-state index in [-0.39, 0.29) is 24.3 Å². The largest absolute Gasteiger partial charge is 0.507 e. The number of cyclic esters (lactones) is 1. The summed E-state index contributed by atoms with van der Waals surface area (Å²) in [6, 6.07) is 0. The SMILES string of the molecule is COc1c(C)c2c(c(O)c1C/C=C(\C)CCCC(=O)O)C(=O)OC2. The van der Waals surface area contributed by atoms with E-state index >= 15 is 0 Å². The fraction of sp³-hybridized carbons (Fsp3) is 0.444. The first kappa shape index (κ1) is 17.8. The maximum atomic E-state index is 11.8. The van der Waals surface area contributed by atoms with Crippen molar-refractivity contribution in [2.24, 2.45) is 0 Å². The summed E-state index contributed by atoms with van der Waals surface area (Å²) in [4.78, 5) is 22.4. The molecule has 1 aliphatic rings. The maximum Gasteiger partial charge on any atom is 0.342 e. The average Bonchev–Trinajstić information content (AvgIpc) is 2.91. The van der Waals surface area contributed by atoms with Gasteiger partial charge in [-0.15, -0.1) is 0 Å². The quantitative estimate of drug-likeness (QED) is 0.588. The number of allylic oxidation sites excluding steroid dienone is 2. The van der Waals surface area contributed by atoms with Crippen molar-refractivity contribution in [1.29, 1.82) is 0 Å². The highest BCUT2D eigenvalue weighted by molar-refractivity contribution is 5.98. The molecule has 1 aliphatic heterocycles. The van der Waals surface area contributed by atoms with Gasteiger partial charge < -0.3 is 19.7 Å². The number of phenolic OH excluding ortho intramolecular Hbond substituents is 1. The van der Waals surface area contributed by atoms with Gasteiger partial charge in [-0.05, 0) is 38.7 Å². The molecule has 0 atom stereocenters. The van der Waals surface area contributed by atoms with E-state index in [9.17, 15) is 14.7 Å². The van der Waals surface area contributed by atoms with Gasteiger partial charge in [-0.2, -0.15) is 0 Å². The molecular weight excluding hydrogens is 312 g/mol. The van der Waals surface area contributed by atoms with Crippen LogP contribution in [0.4, 0.5) is 0 Å². The van der Waals surface area contributed by atoms with Crippen LogP contribution in [-0.2, 0) is 22.6 Å². The van der Waals surface area contributed by atoms with Crippen LogP contribution in [-0.4, -0.2) is 29.3 Å². The molecule has 1 heterocycles. The van der Waals surface area contributed by atoms with Crippen molar-refractivity contribution in [3.05, 3.63) is 33.9 Å². The van der Waals surface area contributed by atoms with E-state index in [1.807, 2.05) is 19.9 Å². The van der Waals surface area contributed by atoms with Crippen molar-refractivity contribution < 1.29 is 29.3 Å². The van der Waals surface area contributed by atoms with Crippen LogP contribution in [0.1, 0.15) is 53.2 Å². The van der Waals surface area contributed by atoms with E-state index in [4.69, 9.17) is 14.6 Å². The Labute approximate surface area is 140 Å². The van der Waals surface area contributed by atoms with Crippen molar-refractivity contribution in [1.82, 2.24) is 0 Å². The molecule has 0 saturated heterocycles. The second-order valence-corrected chi connectivity index (χ2v) is 5.92. The third-order valence-corrected chi connectivity index (χ3v) is 4.26. The highest BCUT2D eigenvalue weighted by Gasteiger charge is 2.31. The minimum absolute atomic E-state index is 0.0930. The van der Waals surface area contributed by atoms with E-state index < -0.39 is 11.9 Å². The summed E-state index contributed by atoms with van der Waals surface area (Å²) in [5, 5.41) is 19.2. The van der Waals surface area contributed by atoms with Crippen LogP contribution in [0.2, 0.25) is 0 Å². The van der Waals surface area contributed by atoms with Crippen LogP contribution in [0.3, 0.4) is 0 Å². The molecule has 0 spiro atoms. The van der Waals surface area contributed by atoms with Gasteiger partial charge in [0.1, 0.15) is 23.7 Å². The number of hydrogen-bond acceptors (Lipinski definition) is 5. The van der Waals surface area contributed by atoms with Crippen LogP contribution < -0.4 is 4.74 Å². The van der Waals surface area contributed by atoms with Gasteiger partial charge >= 0.3 is 11.9 Å². The number of rotatable bonds is 7. The summed E-state index contributed by atoms with van der Waals surface area (Å²) < 4.78 is 10.4. The summed E-state index contributed by atoms with van der Waals surface area (Å²) in [5.41, 5.74) is 3.26. The molecule has 2 N–H and O–H groups in total. The number of carboxylic acids is 1. The Hall–Kier alpha value is -2.50. The Kier molecular flexibility index (Phi) is 5.49. The highest BCUT2D eigenvalue weighted by atomic mass is 16.5. The van der Waals surface area contributed by atoms with Crippen LogP contribution in [0.25, 0.3) is 0 Å². The first-order valence-electron chi connectivity index (χ1n) is 7.82. The molecule has 0 radical (unpaired) electrons. The smallest absolute Gasteiger partial charge is 0.342 e. The Balaban J connectivity index is 2.27. The summed E-state index contributed by atoms with van der Waals surface area (Å²) in [6.07, 6.45) is 3.68. The minimum atomic E-state index is -0.810. The average molecular weight is 334 g/mol. The number of hydrogen-bond donors (Lipinski definition) is 2. The van der Waals surface area contributed by atoms with Crippen molar-refractivity contribution in [3.8, 4) is 11.5 Å². The van der Waals surface area contributed by atoms with Crippen molar-refractivity contribution in [3.63, 3.8) is 0 Å². The molecule has 130 valence electrons. The lowest BCUT2D eigenvalue weighted by Gasteiger charge is -2.15. The standard InChI is InChI=1S/C18H22O6/c1-10(5-4-6-14(19)20)7-8-12-16(21)15-13(9-24-18(15)22)11(2)17(12)23-3/h7,21H,4-6,8-9H2,1-3H3,(H,19,20)/b10-7+. The fourth-order valence-electron chi connectivity index (χ4n) is 2.92. The molecule has 6 nitrogen and oxygen atoms in total. The molecule has 0 aromatic heterocycles. The molecule has 0 bridgehead atoms. The minimum Gasteiger partial charge on any atom is -0.507 e. The van der Waals surface area contributed by atoms with Crippen molar-refractivity contribution >= 4 is 11.9 Å². The Bertz CT molecular complexity index is 702. The van der Waals surface area contributed by atoms with E-state index in [1.54, 1.807) is 0 Å². The fourth-order valence-corrected chi connectivity index (χ4v) is 2.92. The third kappa shape index (κ3) is 3.53. The first-order chi connectivity index (χ1) is 11.4. The predicted molar refractivity (Wildman–Crippen MR) is 87.5 cm³/mol. The summed E-state index contributed by atoms with van der Waals surface area (Å²) >= 11 is 0. The number of carboxylic acid groups (broad SMARTS) is 1. The van der Waals surface area contributed by atoms with E-state index in [0.717, 1.165) is 11.1 Å². The zero-order valence-electron chi connectivity index (χ0n) is 14.1. The van der Waals surface area contributed by atoms with Gasteiger partial charge in [0.25, 0.3) is 0 Å². The number of esters is 1. The number of fused-ring (bicyclic) bond motifs is 1. The first-order valence-corrected chi connectivity index (χ1v) is 7.82. The molecule has 1 aromatic rings. The monoisotopic (exact) mass is 334 g/mol. The molecule has 0 aliphatic carbocycles. The zero-order valence-corrected chi connectivity index (χ0v) is 14.1. The van der Waals surface area contributed by atoms with Crippen molar-refractivity contribution in [2.45, 2.75) is 46.1 Å². The predicted octanol–water partition coefficient (Wildman–Crippen LogP) is 3.12. The maximum absolute atomic E-state index is 11.8. The van der Waals surface area contributed by atoms with Gasteiger partial charge in [-0.3, -0.25) is 4.79 Å². The molecular formula is C18H22O6. The number of methoxy groups -OCH3 is 1. The topological polar surface area (TPSA) is 93.1 Å². The van der Waals surface area contributed by atoms with Gasteiger partial charge in [0.15, 0.2) is 0 Å².